The van der Waals surface area contributed by atoms with Crippen LogP contribution in [-0.2, 0) is 0 Å². The third-order valence-corrected chi connectivity index (χ3v) is 5.40. The number of hydrogen-bond donors (Lipinski definition) is 0. The summed E-state index contributed by atoms with van der Waals surface area (Å²) in [5.41, 5.74) is 8.97. The Bertz CT molecular complexity index is 636. The van der Waals surface area contributed by atoms with Gasteiger partial charge in [-0.25, -0.2) is 0 Å². The standard InChI is InChI=1S/C30H50/c1-25(2)15-9-10-17-27(5)19-12-21-29(7)23-14-24-30(8)22-13-20-28(6)18-11-16-26(3)4/h15-17,20-21,24H,9-14,18-19,22-23H2,1-8H3/b27-17+,28-20+,29-21+,30-24+. The van der Waals surface area contributed by atoms with Crippen LogP contribution in [0.15, 0.2) is 69.9 Å². The van der Waals surface area contributed by atoms with Gasteiger partial charge in [-0.3, -0.25) is 0 Å². The van der Waals surface area contributed by atoms with Crippen LogP contribution in [0.3, 0.4) is 0 Å². The highest BCUT2D eigenvalue weighted by atomic mass is 14.0. The van der Waals surface area contributed by atoms with Crippen molar-refractivity contribution in [2.45, 2.75) is 120 Å². The molecule has 0 heteroatoms. The summed E-state index contributed by atoms with van der Waals surface area (Å²) < 4.78 is 0. The van der Waals surface area contributed by atoms with E-state index < -0.39 is 0 Å². The predicted octanol–water partition coefficient (Wildman–Crippen LogP) is 10.6. The second-order valence-corrected chi connectivity index (χ2v) is 9.50. The zero-order chi connectivity index (χ0) is 22.8. The van der Waals surface area contributed by atoms with Gasteiger partial charge in [0.15, 0.2) is 0 Å². The average Bonchev–Trinajstić information content (AvgIpc) is 2.64. The van der Waals surface area contributed by atoms with Crippen LogP contribution in [-0.4, -0.2) is 0 Å². The molecule has 0 unspecified atom stereocenters. The molecule has 170 valence electrons. The van der Waals surface area contributed by atoms with Crippen LogP contribution in [0.4, 0.5) is 0 Å². The summed E-state index contributed by atoms with van der Waals surface area (Å²) in [6.45, 7) is 17.8. The van der Waals surface area contributed by atoms with E-state index >= 15 is 0 Å². The van der Waals surface area contributed by atoms with Crippen LogP contribution in [0.5, 0.6) is 0 Å². The van der Waals surface area contributed by atoms with Crippen LogP contribution < -0.4 is 0 Å². The van der Waals surface area contributed by atoms with Crippen LogP contribution in [0.25, 0.3) is 0 Å². The number of rotatable bonds is 15. The van der Waals surface area contributed by atoms with Gasteiger partial charge < -0.3 is 0 Å². The summed E-state index contributed by atoms with van der Waals surface area (Å²) in [5, 5.41) is 0. The lowest BCUT2D eigenvalue weighted by Crippen LogP contribution is -1.83. The van der Waals surface area contributed by atoms with E-state index in [1.165, 1.54) is 97.6 Å². The van der Waals surface area contributed by atoms with Crippen molar-refractivity contribution in [3.05, 3.63) is 69.9 Å². The van der Waals surface area contributed by atoms with Crippen molar-refractivity contribution < 1.29 is 0 Å². The summed E-state index contributed by atoms with van der Waals surface area (Å²) >= 11 is 0. The summed E-state index contributed by atoms with van der Waals surface area (Å²) in [6.07, 6.45) is 26.2. The fourth-order valence-electron chi connectivity index (χ4n) is 3.34. The number of hydrogen-bond acceptors (Lipinski definition) is 0. The highest BCUT2D eigenvalue weighted by Gasteiger charge is 1.94. The lowest BCUT2D eigenvalue weighted by molar-refractivity contribution is 0.888. The molecule has 0 rings (SSSR count). The van der Waals surface area contributed by atoms with Crippen molar-refractivity contribution in [1.82, 2.24) is 0 Å². The van der Waals surface area contributed by atoms with Crippen molar-refractivity contribution in [3.8, 4) is 0 Å². The third-order valence-electron chi connectivity index (χ3n) is 5.40. The highest BCUT2D eigenvalue weighted by Crippen LogP contribution is 2.15. The molecule has 0 aromatic carbocycles. The van der Waals surface area contributed by atoms with E-state index in [-0.39, 0.29) is 0 Å². The molecule has 30 heavy (non-hydrogen) atoms. The molecule has 0 saturated heterocycles. The lowest BCUT2D eigenvalue weighted by atomic mass is 10.0. The Morgan fingerprint density at radius 2 is 0.567 bits per heavy atom. The van der Waals surface area contributed by atoms with Crippen molar-refractivity contribution in [2.24, 2.45) is 0 Å². The molecule has 0 bridgehead atoms. The van der Waals surface area contributed by atoms with Gasteiger partial charge in [0.05, 0.1) is 0 Å². The molecule has 0 amide bonds. The van der Waals surface area contributed by atoms with Crippen LogP contribution in [0, 0.1) is 0 Å². The van der Waals surface area contributed by atoms with Gasteiger partial charge in [0.2, 0.25) is 0 Å². The van der Waals surface area contributed by atoms with E-state index in [0.717, 1.165) is 0 Å². The summed E-state index contributed by atoms with van der Waals surface area (Å²) in [7, 11) is 0. The largest absolute Gasteiger partial charge is 0.0856 e. The second kappa shape index (κ2) is 18.2. The summed E-state index contributed by atoms with van der Waals surface area (Å²) in [4.78, 5) is 0. The van der Waals surface area contributed by atoms with Gasteiger partial charge in [0.25, 0.3) is 0 Å². The van der Waals surface area contributed by atoms with Crippen LogP contribution in [0.1, 0.15) is 120 Å². The zero-order valence-corrected chi connectivity index (χ0v) is 21.5. The molecule has 0 radical (unpaired) electrons. The van der Waals surface area contributed by atoms with Gasteiger partial charge in [-0.2, -0.15) is 0 Å². The van der Waals surface area contributed by atoms with Gasteiger partial charge in [-0.15, -0.1) is 0 Å². The normalized spacial score (nSPS) is 13.5. The van der Waals surface area contributed by atoms with Gasteiger partial charge in [-0.1, -0.05) is 69.9 Å². The van der Waals surface area contributed by atoms with Crippen molar-refractivity contribution in [1.29, 1.82) is 0 Å². The molecule has 0 spiro atoms. The fourth-order valence-corrected chi connectivity index (χ4v) is 3.34. The van der Waals surface area contributed by atoms with Gasteiger partial charge in [0, 0.05) is 0 Å². The quantitative estimate of drug-likeness (QED) is 0.186. The molecule has 0 aliphatic heterocycles. The molecule has 0 aromatic rings. The molecular formula is C30H50. The number of allylic oxidation sites excluding steroid dienone is 12. The minimum Gasteiger partial charge on any atom is -0.0856 e. The molecule has 0 heterocycles. The Morgan fingerprint density at radius 3 is 0.900 bits per heavy atom. The maximum atomic E-state index is 2.44. The third kappa shape index (κ3) is 19.7. The van der Waals surface area contributed by atoms with E-state index in [1.54, 1.807) is 0 Å². The average molecular weight is 411 g/mol. The minimum atomic E-state index is 1.17. The summed E-state index contributed by atoms with van der Waals surface area (Å²) in [6, 6.07) is 0. The Hall–Kier alpha value is -1.56. The fraction of sp³-hybridized carbons (Fsp3) is 0.600. The van der Waals surface area contributed by atoms with E-state index in [1.807, 2.05) is 0 Å². The second-order valence-electron chi connectivity index (χ2n) is 9.50. The molecule has 0 saturated carbocycles. The maximum absolute atomic E-state index is 2.44. The molecule has 0 aliphatic rings. The first-order chi connectivity index (χ1) is 14.2. The van der Waals surface area contributed by atoms with Gasteiger partial charge >= 0.3 is 0 Å². The maximum Gasteiger partial charge on any atom is -0.0288 e. The monoisotopic (exact) mass is 410 g/mol. The first-order valence-corrected chi connectivity index (χ1v) is 12.1. The molecule has 0 N–H and O–H groups in total. The smallest absolute Gasteiger partial charge is 0.0288 e. The molecule has 0 aromatic heterocycles. The molecular weight excluding hydrogens is 360 g/mol. The molecule has 0 fully saturated rings. The zero-order valence-electron chi connectivity index (χ0n) is 21.5. The van der Waals surface area contributed by atoms with Crippen LogP contribution in [0.2, 0.25) is 0 Å². The number of unbranched alkanes of at least 4 members (excludes halogenated alkanes) is 1. The Morgan fingerprint density at radius 1 is 0.333 bits per heavy atom. The topological polar surface area (TPSA) is 0 Å². The van der Waals surface area contributed by atoms with Crippen LogP contribution >= 0.6 is 0 Å². The van der Waals surface area contributed by atoms with Crippen molar-refractivity contribution in [3.63, 3.8) is 0 Å². The highest BCUT2D eigenvalue weighted by molar-refractivity contribution is 5.08. The van der Waals surface area contributed by atoms with Gasteiger partial charge in [-0.05, 0) is 120 Å². The van der Waals surface area contributed by atoms with Gasteiger partial charge in [0.1, 0.15) is 0 Å². The van der Waals surface area contributed by atoms with Crippen molar-refractivity contribution >= 4 is 0 Å². The SMILES string of the molecule is CC(C)=CCC/C=C(\C)CC/C=C(\C)CC/C=C(\C)CC/C=C(\C)CCC=C(C)C. The molecule has 0 nitrogen and oxygen atoms in total. The van der Waals surface area contributed by atoms with E-state index in [2.05, 4.69) is 91.8 Å². The van der Waals surface area contributed by atoms with E-state index in [4.69, 9.17) is 0 Å². The van der Waals surface area contributed by atoms with E-state index in [0.29, 0.717) is 0 Å². The summed E-state index contributed by atoms with van der Waals surface area (Å²) in [5.74, 6) is 0. The lowest BCUT2D eigenvalue weighted by Gasteiger charge is -2.03. The first kappa shape index (κ1) is 28.4. The molecule has 0 atom stereocenters. The Kier molecular flexibility index (Phi) is 17.3. The predicted molar refractivity (Wildman–Crippen MR) is 140 cm³/mol. The Labute approximate surface area is 189 Å². The minimum absolute atomic E-state index is 1.17. The van der Waals surface area contributed by atoms with E-state index in [9.17, 15) is 0 Å². The van der Waals surface area contributed by atoms with Crippen molar-refractivity contribution in [2.75, 3.05) is 0 Å². The first-order valence-electron chi connectivity index (χ1n) is 12.1. The Balaban J connectivity index is 4.07. The molecule has 0 aliphatic carbocycles.